The minimum absolute atomic E-state index is 0.0565. The Balaban J connectivity index is 2.40. The van der Waals surface area contributed by atoms with Crippen molar-refractivity contribution in [1.82, 2.24) is 4.98 Å². The summed E-state index contributed by atoms with van der Waals surface area (Å²) in [6.45, 7) is 12.6. The molecule has 0 atom stereocenters. The molecule has 1 aliphatic carbocycles. The van der Waals surface area contributed by atoms with E-state index in [1.807, 2.05) is 26.8 Å². The van der Waals surface area contributed by atoms with Crippen LogP contribution in [0, 0.1) is 0 Å². The maximum Gasteiger partial charge on any atom is 0.221 e. The van der Waals surface area contributed by atoms with Gasteiger partial charge in [0.25, 0.3) is 0 Å². The van der Waals surface area contributed by atoms with Gasteiger partial charge in [0.1, 0.15) is 11.4 Å². The van der Waals surface area contributed by atoms with Crippen molar-refractivity contribution in [2.45, 2.75) is 71.5 Å². The monoisotopic (exact) mass is 263 g/mol. The van der Waals surface area contributed by atoms with E-state index in [2.05, 4.69) is 25.8 Å². The fourth-order valence-electron chi connectivity index (χ4n) is 1.95. The standard InChI is InChI=1S/C16H25NO2/c1-15(2,3)13-12(18-11-7-8-11)9-10-17-14(13)19-16(4,5)6/h9-11H,7-8H2,1-6H3. The summed E-state index contributed by atoms with van der Waals surface area (Å²) in [6.07, 6.45) is 4.46. The van der Waals surface area contributed by atoms with Gasteiger partial charge in [-0.15, -0.1) is 0 Å². The first-order valence-electron chi connectivity index (χ1n) is 7.02. The summed E-state index contributed by atoms with van der Waals surface area (Å²) in [5, 5.41) is 0. The van der Waals surface area contributed by atoms with Crippen molar-refractivity contribution in [3.63, 3.8) is 0 Å². The zero-order valence-electron chi connectivity index (χ0n) is 12.9. The van der Waals surface area contributed by atoms with Gasteiger partial charge in [-0.05, 0) is 45.1 Å². The first kappa shape index (κ1) is 14.2. The van der Waals surface area contributed by atoms with Crippen LogP contribution < -0.4 is 9.47 Å². The number of aromatic nitrogens is 1. The summed E-state index contributed by atoms with van der Waals surface area (Å²) < 4.78 is 12.0. The lowest BCUT2D eigenvalue weighted by molar-refractivity contribution is 0.119. The van der Waals surface area contributed by atoms with Gasteiger partial charge in [-0.25, -0.2) is 4.98 Å². The molecule has 1 aliphatic rings. The Bertz CT molecular complexity index is 451. The summed E-state index contributed by atoms with van der Waals surface area (Å²) >= 11 is 0. The number of hydrogen-bond donors (Lipinski definition) is 0. The van der Waals surface area contributed by atoms with E-state index in [9.17, 15) is 0 Å². The molecule has 0 unspecified atom stereocenters. The van der Waals surface area contributed by atoms with Crippen LogP contribution in [0.1, 0.15) is 59.9 Å². The van der Waals surface area contributed by atoms with Crippen LogP contribution in [0.3, 0.4) is 0 Å². The predicted octanol–water partition coefficient (Wildman–Crippen LogP) is 4.10. The molecule has 0 bridgehead atoms. The molecule has 0 spiro atoms. The molecule has 1 aromatic rings. The van der Waals surface area contributed by atoms with Crippen molar-refractivity contribution < 1.29 is 9.47 Å². The molecule has 1 heterocycles. The third-order valence-corrected chi connectivity index (χ3v) is 2.85. The summed E-state index contributed by atoms with van der Waals surface area (Å²) in [4.78, 5) is 4.42. The van der Waals surface area contributed by atoms with Crippen molar-refractivity contribution >= 4 is 0 Å². The molecule has 0 amide bonds. The Morgan fingerprint density at radius 1 is 1.11 bits per heavy atom. The molecule has 0 N–H and O–H groups in total. The molecular formula is C16H25NO2. The Kier molecular flexibility index (Phi) is 3.50. The number of rotatable bonds is 3. The van der Waals surface area contributed by atoms with Crippen LogP contribution in [0.2, 0.25) is 0 Å². The number of nitrogens with zero attached hydrogens (tertiary/aromatic N) is 1. The molecule has 106 valence electrons. The van der Waals surface area contributed by atoms with Gasteiger partial charge in [-0.3, -0.25) is 0 Å². The van der Waals surface area contributed by atoms with Crippen molar-refractivity contribution in [3.8, 4) is 11.6 Å². The normalized spacial score (nSPS) is 16.3. The van der Waals surface area contributed by atoms with Gasteiger partial charge in [-0.2, -0.15) is 0 Å². The van der Waals surface area contributed by atoms with Gasteiger partial charge in [0.2, 0.25) is 5.88 Å². The third-order valence-electron chi connectivity index (χ3n) is 2.85. The van der Waals surface area contributed by atoms with E-state index in [0.29, 0.717) is 12.0 Å². The van der Waals surface area contributed by atoms with Crippen LogP contribution in [-0.2, 0) is 5.41 Å². The first-order valence-corrected chi connectivity index (χ1v) is 7.02. The first-order chi connectivity index (χ1) is 8.67. The predicted molar refractivity (Wildman–Crippen MR) is 77.0 cm³/mol. The molecule has 0 aromatic carbocycles. The quantitative estimate of drug-likeness (QED) is 0.822. The van der Waals surface area contributed by atoms with Crippen molar-refractivity contribution in [1.29, 1.82) is 0 Å². The molecule has 1 fully saturated rings. The maximum atomic E-state index is 6.02. The average molecular weight is 263 g/mol. The van der Waals surface area contributed by atoms with Crippen LogP contribution >= 0.6 is 0 Å². The van der Waals surface area contributed by atoms with Gasteiger partial charge >= 0.3 is 0 Å². The third kappa shape index (κ3) is 3.85. The molecule has 3 heteroatoms. The molecule has 2 rings (SSSR count). The van der Waals surface area contributed by atoms with Crippen molar-refractivity contribution in [2.75, 3.05) is 0 Å². The average Bonchev–Trinajstić information content (AvgIpc) is 2.97. The van der Waals surface area contributed by atoms with Gasteiger partial charge < -0.3 is 9.47 Å². The second-order valence-corrected chi connectivity index (χ2v) is 7.27. The highest BCUT2D eigenvalue weighted by atomic mass is 16.5. The van der Waals surface area contributed by atoms with E-state index in [1.165, 1.54) is 0 Å². The molecule has 0 radical (unpaired) electrons. The van der Waals surface area contributed by atoms with Crippen LogP contribution in [0.25, 0.3) is 0 Å². The van der Waals surface area contributed by atoms with Gasteiger partial charge in [0, 0.05) is 6.20 Å². The largest absolute Gasteiger partial charge is 0.490 e. The smallest absolute Gasteiger partial charge is 0.221 e. The highest BCUT2D eigenvalue weighted by Gasteiger charge is 2.31. The number of ether oxygens (including phenoxy) is 2. The fourth-order valence-corrected chi connectivity index (χ4v) is 1.95. The molecule has 0 aliphatic heterocycles. The van der Waals surface area contributed by atoms with Gasteiger partial charge in [-0.1, -0.05) is 20.8 Å². The van der Waals surface area contributed by atoms with E-state index in [0.717, 1.165) is 24.2 Å². The summed E-state index contributed by atoms with van der Waals surface area (Å²) in [5.41, 5.74) is 0.751. The molecule has 19 heavy (non-hydrogen) atoms. The number of hydrogen-bond acceptors (Lipinski definition) is 3. The summed E-state index contributed by atoms with van der Waals surface area (Å²) in [7, 11) is 0. The van der Waals surface area contributed by atoms with Crippen molar-refractivity contribution in [3.05, 3.63) is 17.8 Å². The topological polar surface area (TPSA) is 31.4 Å². The lowest BCUT2D eigenvalue weighted by Crippen LogP contribution is -2.26. The molecular weight excluding hydrogens is 238 g/mol. The fraction of sp³-hybridized carbons (Fsp3) is 0.688. The molecule has 3 nitrogen and oxygen atoms in total. The molecule has 1 saturated carbocycles. The Hall–Kier alpha value is -1.25. The van der Waals surface area contributed by atoms with E-state index in [1.54, 1.807) is 6.20 Å². The van der Waals surface area contributed by atoms with Crippen LogP contribution in [-0.4, -0.2) is 16.7 Å². The van der Waals surface area contributed by atoms with Crippen LogP contribution in [0.15, 0.2) is 12.3 Å². The highest BCUT2D eigenvalue weighted by molar-refractivity contribution is 5.45. The SMILES string of the molecule is CC(C)(C)Oc1nccc(OC2CC2)c1C(C)(C)C. The second-order valence-electron chi connectivity index (χ2n) is 7.27. The highest BCUT2D eigenvalue weighted by Crippen LogP contribution is 2.40. The van der Waals surface area contributed by atoms with E-state index in [4.69, 9.17) is 9.47 Å². The van der Waals surface area contributed by atoms with Gasteiger partial charge in [0.05, 0.1) is 11.7 Å². The summed E-state index contributed by atoms with van der Waals surface area (Å²) in [5.74, 6) is 1.61. The zero-order valence-corrected chi connectivity index (χ0v) is 12.9. The van der Waals surface area contributed by atoms with E-state index < -0.39 is 0 Å². The zero-order chi connectivity index (χ0) is 14.3. The van der Waals surface area contributed by atoms with Crippen LogP contribution in [0.5, 0.6) is 11.6 Å². The molecule has 1 aromatic heterocycles. The van der Waals surface area contributed by atoms with E-state index >= 15 is 0 Å². The Labute approximate surface area is 116 Å². The lowest BCUT2D eigenvalue weighted by Gasteiger charge is -2.28. The molecule has 0 saturated heterocycles. The van der Waals surface area contributed by atoms with E-state index in [-0.39, 0.29) is 11.0 Å². The Morgan fingerprint density at radius 3 is 2.21 bits per heavy atom. The lowest BCUT2D eigenvalue weighted by atomic mass is 9.87. The second kappa shape index (κ2) is 4.69. The van der Waals surface area contributed by atoms with Crippen LogP contribution in [0.4, 0.5) is 0 Å². The minimum atomic E-state index is -0.259. The number of pyridine rings is 1. The Morgan fingerprint density at radius 2 is 1.74 bits per heavy atom. The minimum Gasteiger partial charge on any atom is -0.490 e. The van der Waals surface area contributed by atoms with Gasteiger partial charge in [0.15, 0.2) is 0 Å². The maximum absolute atomic E-state index is 6.02. The van der Waals surface area contributed by atoms with Crippen molar-refractivity contribution in [2.24, 2.45) is 0 Å². The summed E-state index contributed by atoms with van der Waals surface area (Å²) in [6, 6.07) is 1.95.